The highest BCUT2D eigenvalue weighted by Crippen LogP contribution is 2.48. The van der Waals surface area contributed by atoms with Crippen molar-refractivity contribution in [2.75, 3.05) is 18.4 Å². The molecule has 0 bridgehead atoms. The summed E-state index contributed by atoms with van der Waals surface area (Å²) in [5.74, 6) is 1.52. The van der Waals surface area contributed by atoms with Crippen LogP contribution in [0, 0.1) is 23.2 Å². The van der Waals surface area contributed by atoms with Crippen LogP contribution in [0.25, 0.3) is 0 Å². The molecule has 1 heterocycles. The predicted molar refractivity (Wildman–Crippen MR) is 117 cm³/mol. The van der Waals surface area contributed by atoms with Crippen LogP contribution in [0.2, 0.25) is 0 Å². The number of nitrogens with one attached hydrogen (secondary N) is 1. The van der Waals surface area contributed by atoms with E-state index in [9.17, 15) is 9.59 Å². The number of carbonyl (C=O) groups is 1. The van der Waals surface area contributed by atoms with Gasteiger partial charge in [-0.05, 0) is 59.4 Å². The van der Waals surface area contributed by atoms with Crippen LogP contribution in [0.1, 0.15) is 54.9 Å². The number of nitrogens with zero attached hydrogens (tertiary/aromatic N) is 3. The lowest BCUT2D eigenvalue weighted by Crippen LogP contribution is -2.48. The summed E-state index contributed by atoms with van der Waals surface area (Å²) in [6.07, 6.45) is 2.71. The number of rotatable bonds is 6. The van der Waals surface area contributed by atoms with Gasteiger partial charge >= 0.3 is 0 Å². The van der Waals surface area contributed by atoms with Gasteiger partial charge in [-0.1, -0.05) is 34.6 Å². The molecule has 0 unspecified atom stereocenters. The van der Waals surface area contributed by atoms with E-state index in [1.807, 2.05) is 13.8 Å². The third-order valence-corrected chi connectivity index (χ3v) is 7.97. The van der Waals surface area contributed by atoms with Crippen LogP contribution in [-0.4, -0.2) is 39.7 Å². The molecule has 0 aromatic carbocycles. The number of halogens is 1. The van der Waals surface area contributed by atoms with Crippen molar-refractivity contribution in [1.29, 1.82) is 0 Å². The number of hydrogen-bond donors (Lipinski definition) is 1. The summed E-state index contributed by atoms with van der Waals surface area (Å²) < 4.78 is 1.67. The smallest absolute Gasteiger partial charge is 0.283 e. The van der Waals surface area contributed by atoms with Crippen molar-refractivity contribution in [3.05, 3.63) is 21.0 Å². The number of anilines is 1. The SMILES string of the molecule is CCN(CC)C(=O)Cn1ncc(N[C@@H]2C[C@H](C)C(C)(C)[C@H](C)[C@H]2C)c(Br)c1=O. The number of carbonyl (C=O) groups excluding carboxylic acids is 1. The van der Waals surface area contributed by atoms with Crippen molar-refractivity contribution in [3.63, 3.8) is 0 Å². The minimum Gasteiger partial charge on any atom is -0.380 e. The van der Waals surface area contributed by atoms with Gasteiger partial charge in [-0.25, -0.2) is 4.68 Å². The summed E-state index contributed by atoms with van der Waals surface area (Å²) in [6, 6.07) is 0.281. The summed E-state index contributed by atoms with van der Waals surface area (Å²) in [7, 11) is 0. The van der Waals surface area contributed by atoms with Crippen molar-refractivity contribution in [2.24, 2.45) is 23.2 Å². The fourth-order valence-corrected chi connectivity index (χ4v) is 4.67. The largest absolute Gasteiger partial charge is 0.380 e. The lowest BCUT2D eigenvalue weighted by atomic mass is 9.58. The lowest BCUT2D eigenvalue weighted by molar-refractivity contribution is -0.131. The molecule has 1 aromatic rings. The van der Waals surface area contributed by atoms with Gasteiger partial charge < -0.3 is 10.2 Å². The first-order valence-corrected chi connectivity index (χ1v) is 11.1. The summed E-state index contributed by atoms with van der Waals surface area (Å²) in [5, 5.41) is 7.80. The highest BCUT2D eigenvalue weighted by atomic mass is 79.9. The normalized spacial score (nSPS) is 26.7. The Morgan fingerprint density at radius 3 is 2.50 bits per heavy atom. The van der Waals surface area contributed by atoms with Gasteiger partial charge in [0.1, 0.15) is 11.0 Å². The molecule has 158 valence electrons. The summed E-state index contributed by atoms with van der Waals surface area (Å²) in [6.45, 7) is 16.7. The standard InChI is InChI=1S/C21H35BrN4O2/c1-8-25(9-2)18(27)12-26-20(28)19(22)17(11-23-26)24-16-10-13(3)21(6,7)15(5)14(16)4/h11,13-16,24H,8-10,12H2,1-7H3/t13-,14+,15+,16+/m0/s1. The molecule has 0 spiro atoms. The number of amides is 1. The van der Waals surface area contributed by atoms with Gasteiger partial charge in [0.2, 0.25) is 5.91 Å². The van der Waals surface area contributed by atoms with Gasteiger partial charge in [0.05, 0.1) is 11.9 Å². The van der Waals surface area contributed by atoms with Crippen LogP contribution < -0.4 is 10.9 Å². The van der Waals surface area contributed by atoms with Crippen molar-refractivity contribution in [2.45, 2.75) is 67.5 Å². The van der Waals surface area contributed by atoms with Crippen molar-refractivity contribution in [1.82, 2.24) is 14.7 Å². The van der Waals surface area contributed by atoms with E-state index >= 15 is 0 Å². The van der Waals surface area contributed by atoms with E-state index in [4.69, 9.17) is 0 Å². The van der Waals surface area contributed by atoms with Crippen LogP contribution in [0.15, 0.2) is 15.5 Å². The van der Waals surface area contributed by atoms with Gasteiger partial charge in [0, 0.05) is 19.1 Å². The second-order valence-corrected chi connectivity index (χ2v) is 9.55. The lowest BCUT2D eigenvalue weighted by Gasteiger charge is -2.50. The van der Waals surface area contributed by atoms with E-state index in [1.165, 1.54) is 4.68 Å². The summed E-state index contributed by atoms with van der Waals surface area (Å²) in [5.41, 5.74) is 0.712. The summed E-state index contributed by atoms with van der Waals surface area (Å²) >= 11 is 3.43. The van der Waals surface area contributed by atoms with Crippen LogP contribution >= 0.6 is 15.9 Å². The Bertz CT molecular complexity index is 757. The third kappa shape index (κ3) is 4.44. The van der Waals surface area contributed by atoms with Gasteiger partial charge in [0.25, 0.3) is 5.56 Å². The molecule has 0 saturated heterocycles. The monoisotopic (exact) mass is 454 g/mol. The van der Waals surface area contributed by atoms with Gasteiger partial charge in [-0.3, -0.25) is 9.59 Å². The molecule has 4 atom stereocenters. The molecule has 1 amide bonds. The van der Waals surface area contributed by atoms with Gasteiger partial charge in [-0.15, -0.1) is 0 Å². The molecule has 0 radical (unpaired) electrons. The average molecular weight is 455 g/mol. The Hall–Kier alpha value is -1.37. The summed E-state index contributed by atoms with van der Waals surface area (Å²) in [4.78, 5) is 26.7. The molecule has 1 N–H and O–H groups in total. The van der Waals surface area contributed by atoms with Crippen molar-refractivity contribution >= 4 is 27.5 Å². The maximum absolute atomic E-state index is 12.7. The molecule has 1 aromatic heterocycles. The number of likely N-dealkylation sites (N-methyl/N-ethyl adjacent to an activating group) is 1. The second kappa shape index (κ2) is 8.97. The third-order valence-electron chi connectivity index (χ3n) is 7.20. The first-order valence-electron chi connectivity index (χ1n) is 10.3. The zero-order valence-electron chi connectivity index (χ0n) is 18.3. The Kier molecular flexibility index (Phi) is 7.34. The highest BCUT2D eigenvalue weighted by molar-refractivity contribution is 9.10. The molecule has 6 nitrogen and oxygen atoms in total. The maximum Gasteiger partial charge on any atom is 0.283 e. The Morgan fingerprint density at radius 2 is 1.93 bits per heavy atom. The van der Waals surface area contributed by atoms with Crippen molar-refractivity contribution < 1.29 is 4.79 Å². The quantitative estimate of drug-likeness (QED) is 0.705. The zero-order valence-corrected chi connectivity index (χ0v) is 19.8. The molecular weight excluding hydrogens is 420 g/mol. The fourth-order valence-electron chi connectivity index (χ4n) is 4.25. The Morgan fingerprint density at radius 1 is 1.32 bits per heavy atom. The minimum atomic E-state index is -0.282. The maximum atomic E-state index is 12.7. The van der Waals surface area contributed by atoms with Crippen LogP contribution in [0.4, 0.5) is 5.69 Å². The molecule has 28 heavy (non-hydrogen) atoms. The molecule has 0 aliphatic heterocycles. The van der Waals surface area contributed by atoms with E-state index in [-0.39, 0.29) is 24.1 Å². The minimum absolute atomic E-state index is 0.0402. The molecule has 7 heteroatoms. The topological polar surface area (TPSA) is 67.2 Å². The molecule has 1 saturated carbocycles. The molecule has 1 aliphatic carbocycles. The highest BCUT2D eigenvalue weighted by Gasteiger charge is 2.43. The van der Waals surface area contributed by atoms with E-state index < -0.39 is 0 Å². The van der Waals surface area contributed by atoms with Gasteiger partial charge in [0.15, 0.2) is 0 Å². The number of hydrogen-bond acceptors (Lipinski definition) is 4. The first-order chi connectivity index (χ1) is 13.0. The van der Waals surface area contributed by atoms with Gasteiger partial charge in [-0.2, -0.15) is 5.10 Å². The van der Waals surface area contributed by atoms with Crippen LogP contribution in [-0.2, 0) is 11.3 Å². The van der Waals surface area contributed by atoms with Crippen LogP contribution in [0.3, 0.4) is 0 Å². The average Bonchev–Trinajstić information content (AvgIpc) is 2.65. The predicted octanol–water partition coefficient (Wildman–Crippen LogP) is 3.99. The first kappa shape index (κ1) is 22.9. The second-order valence-electron chi connectivity index (χ2n) is 8.76. The van der Waals surface area contributed by atoms with Crippen LogP contribution in [0.5, 0.6) is 0 Å². The molecule has 1 fully saturated rings. The Balaban J connectivity index is 2.19. The van der Waals surface area contributed by atoms with E-state index in [1.54, 1.807) is 11.1 Å². The van der Waals surface area contributed by atoms with E-state index in [2.05, 4.69) is 61.0 Å². The van der Waals surface area contributed by atoms with Crippen molar-refractivity contribution in [3.8, 4) is 0 Å². The fraction of sp³-hybridized carbons (Fsp3) is 0.762. The number of aromatic nitrogens is 2. The molecule has 1 aliphatic rings. The zero-order chi connectivity index (χ0) is 21.2. The Labute approximate surface area is 177 Å². The molecule has 2 rings (SSSR count). The molecular formula is C21H35BrN4O2. The van der Waals surface area contributed by atoms with E-state index in [0.29, 0.717) is 46.4 Å². The van der Waals surface area contributed by atoms with E-state index in [0.717, 1.165) is 6.42 Å².